The number of aliphatic hydroxyl groups excluding tert-OH is 2. The Hall–Kier alpha value is -2.67. The molecule has 0 bridgehead atoms. The summed E-state index contributed by atoms with van der Waals surface area (Å²) in [6, 6.07) is -1.36. The summed E-state index contributed by atoms with van der Waals surface area (Å²) in [6.45, 7) is 14.9. The minimum Gasteiger partial charge on any atom is -0.463 e. The summed E-state index contributed by atoms with van der Waals surface area (Å²) in [4.78, 5) is 60.0. The van der Waals surface area contributed by atoms with E-state index in [0.29, 0.717) is 0 Å². The fourth-order valence-corrected chi connectivity index (χ4v) is 5.60. The monoisotopic (exact) mass is 665 g/mol. The number of hydrogen-bond donors (Lipinski definition) is 3. The Morgan fingerprint density at radius 1 is 0.733 bits per heavy atom. The van der Waals surface area contributed by atoms with Gasteiger partial charge in [0, 0.05) is 34.6 Å². The maximum Gasteiger partial charge on any atom is 0.303 e. The van der Waals surface area contributed by atoms with E-state index in [4.69, 9.17) is 37.6 Å². The van der Waals surface area contributed by atoms with E-state index in [1.54, 1.807) is 0 Å². The Balaban J connectivity index is 2.58. The number of amides is 1. The zero-order valence-corrected chi connectivity index (χ0v) is 28.4. The van der Waals surface area contributed by atoms with Crippen LogP contribution in [0.25, 0.3) is 0 Å². The molecule has 2 saturated heterocycles. The van der Waals surface area contributed by atoms with Gasteiger partial charge in [-0.3, -0.25) is 24.0 Å². The number of hydrogen-bond acceptors (Lipinski definition) is 15. The average Bonchev–Trinajstić information content (AvgIpc) is 2.87. The fraction of sp³-hybridized carbons (Fsp3) is 0.821. The number of carbonyl (C=O) groups is 5. The third kappa shape index (κ3) is 10.7. The molecule has 258 valence electrons. The van der Waals surface area contributed by atoms with Crippen molar-refractivity contribution in [1.82, 2.24) is 5.32 Å². The molecule has 0 aliphatic carbocycles. The van der Waals surface area contributed by atoms with Crippen molar-refractivity contribution in [3.8, 4) is 0 Å². The van der Waals surface area contributed by atoms with Gasteiger partial charge < -0.3 is 53.1 Å². The molecule has 2 aliphatic rings. The Labute approximate surface area is 263 Å². The molecular weight excluding hydrogens is 618 g/mol. The summed E-state index contributed by atoms with van der Waals surface area (Å²) in [7, 11) is -2.40. The molecule has 45 heavy (non-hydrogen) atoms. The van der Waals surface area contributed by atoms with Crippen LogP contribution in [0.15, 0.2) is 0 Å². The highest BCUT2D eigenvalue weighted by Gasteiger charge is 2.56. The van der Waals surface area contributed by atoms with Gasteiger partial charge >= 0.3 is 23.9 Å². The lowest BCUT2D eigenvalue weighted by Crippen LogP contribution is -2.68. The van der Waals surface area contributed by atoms with Crippen molar-refractivity contribution < 1.29 is 71.8 Å². The van der Waals surface area contributed by atoms with Crippen LogP contribution >= 0.6 is 0 Å². The number of nitrogens with one attached hydrogen (secondary N) is 1. The minimum absolute atomic E-state index is 0.159. The van der Waals surface area contributed by atoms with Gasteiger partial charge in [0.05, 0.1) is 6.61 Å². The van der Waals surface area contributed by atoms with E-state index in [2.05, 4.69) is 5.32 Å². The highest BCUT2D eigenvalue weighted by molar-refractivity contribution is 6.74. The lowest BCUT2D eigenvalue weighted by Gasteiger charge is -2.48. The van der Waals surface area contributed by atoms with Crippen molar-refractivity contribution in [2.45, 2.75) is 135 Å². The van der Waals surface area contributed by atoms with Crippen molar-refractivity contribution in [1.29, 1.82) is 0 Å². The molecule has 2 rings (SSSR count). The molecular formula is C28H47NO15Si. The number of aliphatic hydroxyl groups is 2. The topological polar surface area (TPSA) is 212 Å². The van der Waals surface area contributed by atoms with E-state index in [9.17, 15) is 34.2 Å². The van der Waals surface area contributed by atoms with Gasteiger partial charge in [0.25, 0.3) is 0 Å². The second-order valence-corrected chi connectivity index (χ2v) is 17.3. The van der Waals surface area contributed by atoms with Crippen molar-refractivity contribution in [3.63, 3.8) is 0 Å². The number of ether oxygens (including phenoxy) is 7. The van der Waals surface area contributed by atoms with Gasteiger partial charge in [-0.15, -0.1) is 0 Å². The van der Waals surface area contributed by atoms with Crippen LogP contribution in [0.4, 0.5) is 0 Å². The highest BCUT2D eigenvalue weighted by Crippen LogP contribution is 2.38. The fourth-order valence-electron chi connectivity index (χ4n) is 4.59. The number of esters is 4. The van der Waals surface area contributed by atoms with Gasteiger partial charge in [-0.25, -0.2) is 0 Å². The Bertz CT molecular complexity index is 1080. The first-order valence-electron chi connectivity index (χ1n) is 14.5. The van der Waals surface area contributed by atoms with Crippen LogP contribution < -0.4 is 5.32 Å². The maximum absolute atomic E-state index is 12.2. The van der Waals surface area contributed by atoms with Crippen molar-refractivity contribution in [2.75, 3.05) is 13.2 Å². The van der Waals surface area contributed by atoms with Crippen molar-refractivity contribution in [2.24, 2.45) is 0 Å². The average molecular weight is 666 g/mol. The summed E-state index contributed by atoms with van der Waals surface area (Å²) < 4.78 is 45.7. The van der Waals surface area contributed by atoms with Gasteiger partial charge in [-0.2, -0.15) is 0 Å². The normalized spacial score (nSPS) is 32.2. The second kappa shape index (κ2) is 15.7. The van der Waals surface area contributed by atoms with Crippen LogP contribution in [-0.2, 0) is 61.6 Å². The Morgan fingerprint density at radius 2 is 1.24 bits per heavy atom. The summed E-state index contributed by atoms with van der Waals surface area (Å²) >= 11 is 0. The summed E-state index contributed by atoms with van der Waals surface area (Å²) in [5, 5.41) is 24.3. The molecule has 16 nitrogen and oxygen atoms in total. The summed E-state index contributed by atoms with van der Waals surface area (Å²) in [6.07, 6.45) is -13.3. The zero-order valence-electron chi connectivity index (χ0n) is 27.4. The molecule has 0 aromatic heterocycles. The Kier molecular flexibility index (Phi) is 13.5. The molecule has 1 amide bonds. The molecule has 2 aliphatic heterocycles. The van der Waals surface area contributed by atoms with Crippen LogP contribution in [0.5, 0.6) is 0 Å². The van der Waals surface area contributed by atoms with Crippen LogP contribution in [0.1, 0.15) is 55.4 Å². The summed E-state index contributed by atoms with van der Waals surface area (Å²) in [5.41, 5.74) is 0. The van der Waals surface area contributed by atoms with E-state index in [-0.39, 0.29) is 11.6 Å². The third-order valence-corrected chi connectivity index (χ3v) is 12.2. The van der Waals surface area contributed by atoms with Gasteiger partial charge in [0.2, 0.25) is 5.91 Å². The molecule has 0 unspecified atom stereocenters. The molecule has 2 heterocycles. The van der Waals surface area contributed by atoms with E-state index < -0.39 is 106 Å². The molecule has 0 aromatic carbocycles. The molecule has 2 fully saturated rings. The maximum atomic E-state index is 12.2. The van der Waals surface area contributed by atoms with Gasteiger partial charge in [-0.05, 0) is 18.1 Å². The standard InChI is InChI=1S/C28H47NO15Si/c1-13(30)29-20-21(35)22(19(42-26(20)36)12-38-45(9,10)28(6,7)8)44-27-25(41-17(5)34)24(40-16(4)33)23(39-15(3)32)18(43-27)11-37-14(2)31/h18-27,35-36H,11-12H2,1-10H3,(H,29,30)/t18-,19-,20-,21-,22-,23+,24+,25-,26-,27+/m1/s1. The SMILES string of the molecule is CC(=O)N[C@@H]1[C@@H](O)[C@H](O[C@@H]2O[C@H](COC(C)=O)[C@H](OC(C)=O)[C@H](OC(C)=O)[C@H]2OC(C)=O)[C@@H](CO[Si](C)(C)C(C)(C)C)O[C@H]1O. The molecule has 0 saturated carbocycles. The summed E-state index contributed by atoms with van der Waals surface area (Å²) in [5.74, 6) is -3.77. The molecule has 10 atom stereocenters. The lowest BCUT2D eigenvalue weighted by molar-refractivity contribution is -0.346. The van der Waals surface area contributed by atoms with Crippen LogP contribution in [0.2, 0.25) is 18.1 Å². The molecule has 0 spiro atoms. The van der Waals surface area contributed by atoms with Crippen LogP contribution in [-0.4, -0.2) is 123 Å². The van der Waals surface area contributed by atoms with Crippen LogP contribution in [0, 0.1) is 0 Å². The van der Waals surface area contributed by atoms with Crippen molar-refractivity contribution >= 4 is 38.1 Å². The zero-order chi connectivity index (χ0) is 34.4. The first-order valence-corrected chi connectivity index (χ1v) is 17.4. The number of rotatable bonds is 11. The van der Waals surface area contributed by atoms with Gasteiger partial charge in [0.1, 0.15) is 37.1 Å². The second-order valence-electron chi connectivity index (χ2n) is 12.5. The van der Waals surface area contributed by atoms with Gasteiger partial charge in [-0.1, -0.05) is 20.8 Å². The largest absolute Gasteiger partial charge is 0.463 e. The lowest BCUT2D eigenvalue weighted by atomic mass is 9.95. The van der Waals surface area contributed by atoms with Crippen molar-refractivity contribution in [3.05, 3.63) is 0 Å². The minimum atomic E-state index is -2.40. The van der Waals surface area contributed by atoms with E-state index in [1.807, 2.05) is 33.9 Å². The molecule has 0 aromatic rings. The van der Waals surface area contributed by atoms with Crippen LogP contribution in [0.3, 0.4) is 0 Å². The van der Waals surface area contributed by atoms with E-state index in [1.165, 1.54) is 6.92 Å². The molecule has 3 N–H and O–H groups in total. The predicted octanol–water partition coefficient (Wildman–Crippen LogP) is 0.0593. The molecule has 0 radical (unpaired) electrons. The van der Waals surface area contributed by atoms with E-state index >= 15 is 0 Å². The molecule has 17 heteroatoms. The van der Waals surface area contributed by atoms with Gasteiger partial charge in [0.15, 0.2) is 39.2 Å². The Morgan fingerprint density at radius 3 is 1.73 bits per heavy atom. The third-order valence-electron chi connectivity index (χ3n) is 7.72. The smallest absolute Gasteiger partial charge is 0.303 e. The number of carbonyl (C=O) groups excluding carboxylic acids is 5. The highest BCUT2D eigenvalue weighted by atomic mass is 28.4. The van der Waals surface area contributed by atoms with E-state index in [0.717, 1.165) is 27.7 Å². The first-order chi connectivity index (χ1) is 20.6. The first kappa shape index (κ1) is 38.5. The predicted molar refractivity (Wildman–Crippen MR) is 154 cm³/mol. The quantitative estimate of drug-likeness (QED) is 0.151.